The van der Waals surface area contributed by atoms with Crippen LogP contribution in [-0.4, -0.2) is 23.9 Å². The van der Waals surface area contributed by atoms with Crippen molar-refractivity contribution in [1.82, 2.24) is 4.90 Å². The lowest BCUT2D eigenvalue weighted by atomic mass is 9.69. The molecule has 1 fully saturated rings. The Morgan fingerprint density at radius 3 is 2.25 bits per heavy atom. The van der Waals surface area contributed by atoms with Crippen molar-refractivity contribution in [3.8, 4) is 0 Å². The molecule has 1 heterocycles. The number of allylic oxidation sites excluding steroid dienone is 2. The standard InChI is InChI=1S/C18H23NO/c1-17(2,15-7-4-3-5-8-15)16(20)19-13-11-18(12-14-19)9-6-10-18/h3-9H,10-14H2,1-2H3. The molecular weight excluding hydrogens is 246 g/mol. The van der Waals surface area contributed by atoms with Gasteiger partial charge in [-0.2, -0.15) is 0 Å². The van der Waals surface area contributed by atoms with E-state index in [1.165, 1.54) is 6.42 Å². The molecule has 2 aliphatic rings. The van der Waals surface area contributed by atoms with Gasteiger partial charge in [-0.15, -0.1) is 0 Å². The van der Waals surface area contributed by atoms with Crippen molar-refractivity contribution >= 4 is 5.91 Å². The van der Waals surface area contributed by atoms with Gasteiger partial charge in [0.05, 0.1) is 5.41 Å². The van der Waals surface area contributed by atoms with Crippen LogP contribution in [0.5, 0.6) is 0 Å². The van der Waals surface area contributed by atoms with Crippen LogP contribution in [0.4, 0.5) is 0 Å². The Morgan fingerprint density at radius 2 is 1.75 bits per heavy atom. The maximum absolute atomic E-state index is 12.8. The summed E-state index contributed by atoms with van der Waals surface area (Å²) < 4.78 is 0. The molecular formula is C18H23NO. The molecule has 1 saturated heterocycles. The van der Waals surface area contributed by atoms with Gasteiger partial charge in [0.1, 0.15) is 0 Å². The van der Waals surface area contributed by atoms with Crippen molar-refractivity contribution in [2.24, 2.45) is 5.41 Å². The predicted octanol–water partition coefficient (Wildman–Crippen LogP) is 3.53. The van der Waals surface area contributed by atoms with Crippen molar-refractivity contribution in [1.29, 1.82) is 0 Å². The molecule has 1 aromatic carbocycles. The van der Waals surface area contributed by atoms with Gasteiger partial charge in [0.15, 0.2) is 0 Å². The van der Waals surface area contributed by atoms with E-state index in [1.807, 2.05) is 32.0 Å². The van der Waals surface area contributed by atoms with E-state index in [0.29, 0.717) is 5.41 Å². The molecule has 2 nitrogen and oxygen atoms in total. The Morgan fingerprint density at radius 1 is 1.15 bits per heavy atom. The molecule has 0 atom stereocenters. The number of hydrogen-bond acceptors (Lipinski definition) is 1. The molecule has 20 heavy (non-hydrogen) atoms. The van der Waals surface area contributed by atoms with Crippen LogP contribution in [0.15, 0.2) is 42.5 Å². The number of carbonyl (C=O) groups excluding carboxylic acids is 1. The van der Waals surface area contributed by atoms with E-state index in [1.54, 1.807) is 0 Å². The van der Waals surface area contributed by atoms with E-state index in [9.17, 15) is 4.79 Å². The van der Waals surface area contributed by atoms with Gasteiger partial charge in [-0.05, 0) is 44.1 Å². The van der Waals surface area contributed by atoms with E-state index < -0.39 is 5.41 Å². The van der Waals surface area contributed by atoms with E-state index in [4.69, 9.17) is 0 Å². The van der Waals surface area contributed by atoms with Gasteiger partial charge in [-0.3, -0.25) is 4.79 Å². The highest BCUT2D eigenvalue weighted by atomic mass is 16.2. The molecule has 1 aromatic rings. The van der Waals surface area contributed by atoms with Crippen LogP contribution in [0.25, 0.3) is 0 Å². The minimum absolute atomic E-state index is 0.266. The van der Waals surface area contributed by atoms with Crippen LogP contribution < -0.4 is 0 Å². The first-order chi connectivity index (χ1) is 9.54. The third-order valence-corrected chi connectivity index (χ3v) is 5.07. The van der Waals surface area contributed by atoms with Crippen LogP contribution in [0.3, 0.4) is 0 Å². The average Bonchev–Trinajstić information content (AvgIpc) is 2.46. The van der Waals surface area contributed by atoms with Crippen molar-refractivity contribution in [3.63, 3.8) is 0 Å². The summed E-state index contributed by atoms with van der Waals surface area (Å²) >= 11 is 0. The molecule has 106 valence electrons. The molecule has 0 N–H and O–H groups in total. The van der Waals surface area contributed by atoms with E-state index in [-0.39, 0.29) is 5.91 Å². The highest BCUT2D eigenvalue weighted by Gasteiger charge is 2.40. The van der Waals surface area contributed by atoms with Gasteiger partial charge in [-0.25, -0.2) is 0 Å². The zero-order valence-corrected chi connectivity index (χ0v) is 12.4. The minimum atomic E-state index is -0.429. The number of carbonyl (C=O) groups is 1. The second-order valence-corrected chi connectivity index (χ2v) is 6.75. The number of benzene rings is 1. The molecule has 0 aromatic heterocycles. The number of hydrogen-bond donors (Lipinski definition) is 0. The molecule has 2 heteroatoms. The molecule has 0 bridgehead atoms. The molecule has 1 spiro atoms. The monoisotopic (exact) mass is 269 g/mol. The minimum Gasteiger partial charge on any atom is -0.342 e. The van der Waals surface area contributed by atoms with Crippen LogP contribution in [0, 0.1) is 5.41 Å². The number of piperidine rings is 1. The van der Waals surface area contributed by atoms with Crippen LogP contribution in [0.2, 0.25) is 0 Å². The number of amides is 1. The first kappa shape index (κ1) is 13.4. The van der Waals surface area contributed by atoms with Crippen molar-refractivity contribution in [3.05, 3.63) is 48.0 Å². The fourth-order valence-electron chi connectivity index (χ4n) is 3.35. The molecule has 1 aliphatic heterocycles. The zero-order valence-electron chi connectivity index (χ0n) is 12.4. The van der Waals surface area contributed by atoms with E-state index >= 15 is 0 Å². The molecule has 1 amide bonds. The van der Waals surface area contributed by atoms with Crippen LogP contribution >= 0.6 is 0 Å². The second kappa shape index (κ2) is 4.76. The normalized spacial score (nSPS) is 20.8. The lowest BCUT2D eigenvalue weighted by molar-refractivity contribution is -0.138. The first-order valence-electron chi connectivity index (χ1n) is 7.56. The Kier molecular flexibility index (Phi) is 3.19. The third kappa shape index (κ3) is 2.17. The molecule has 1 aliphatic carbocycles. The third-order valence-electron chi connectivity index (χ3n) is 5.07. The first-order valence-corrected chi connectivity index (χ1v) is 7.56. The zero-order chi connectivity index (χ0) is 14.2. The van der Waals surface area contributed by atoms with Crippen molar-refractivity contribution in [2.45, 2.75) is 38.5 Å². The summed E-state index contributed by atoms with van der Waals surface area (Å²) in [6, 6.07) is 10.1. The fraction of sp³-hybridized carbons (Fsp3) is 0.500. The summed E-state index contributed by atoms with van der Waals surface area (Å²) in [5.74, 6) is 0.266. The van der Waals surface area contributed by atoms with Gasteiger partial charge in [0.2, 0.25) is 5.91 Å². The summed E-state index contributed by atoms with van der Waals surface area (Å²) in [5, 5.41) is 0. The molecule has 0 saturated carbocycles. The summed E-state index contributed by atoms with van der Waals surface area (Å²) in [5.41, 5.74) is 1.10. The predicted molar refractivity (Wildman–Crippen MR) is 81.5 cm³/mol. The van der Waals surface area contributed by atoms with Gasteiger partial charge >= 0.3 is 0 Å². The summed E-state index contributed by atoms with van der Waals surface area (Å²) in [4.78, 5) is 14.9. The topological polar surface area (TPSA) is 20.3 Å². The fourth-order valence-corrected chi connectivity index (χ4v) is 3.35. The molecule has 3 rings (SSSR count). The van der Waals surface area contributed by atoms with Gasteiger partial charge in [0, 0.05) is 13.1 Å². The van der Waals surface area contributed by atoms with Crippen LogP contribution in [-0.2, 0) is 10.2 Å². The summed E-state index contributed by atoms with van der Waals surface area (Å²) in [6.07, 6.45) is 8.06. The largest absolute Gasteiger partial charge is 0.342 e. The lowest BCUT2D eigenvalue weighted by Gasteiger charge is -2.45. The smallest absolute Gasteiger partial charge is 0.232 e. The Labute approximate surface area is 121 Å². The average molecular weight is 269 g/mol. The number of nitrogens with zero attached hydrogens (tertiary/aromatic N) is 1. The number of rotatable bonds is 2. The second-order valence-electron chi connectivity index (χ2n) is 6.75. The quantitative estimate of drug-likeness (QED) is 0.752. The Balaban J connectivity index is 1.71. The molecule has 0 radical (unpaired) electrons. The van der Waals surface area contributed by atoms with Crippen molar-refractivity contribution in [2.75, 3.05) is 13.1 Å². The Hall–Kier alpha value is -1.57. The maximum atomic E-state index is 12.8. The number of likely N-dealkylation sites (tertiary alicyclic amines) is 1. The lowest BCUT2D eigenvalue weighted by Crippen LogP contribution is -2.49. The summed E-state index contributed by atoms with van der Waals surface area (Å²) in [6.45, 7) is 5.88. The summed E-state index contributed by atoms with van der Waals surface area (Å²) in [7, 11) is 0. The van der Waals surface area contributed by atoms with Gasteiger partial charge < -0.3 is 4.90 Å². The van der Waals surface area contributed by atoms with Gasteiger partial charge in [-0.1, -0.05) is 42.5 Å². The van der Waals surface area contributed by atoms with Gasteiger partial charge in [0.25, 0.3) is 0 Å². The molecule has 0 unspecified atom stereocenters. The van der Waals surface area contributed by atoms with E-state index in [0.717, 1.165) is 31.5 Å². The van der Waals surface area contributed by atoms with Crippen LogP contribution in [0.1, 0.15) is 38.7 Å². The van der Waals surface area contributed by atoms with Crippen molar-refractivity contribution < 1.29 is 4.79 Å². The SMILES string of the molecule is CC(C)(C(=O)N1CCC2(C=CC2)CC1)c1ccccc1. The highest BCUT2D eigenvalue weighted by molar-refractivity contribution is 5.87. The van der Waals surface area contributed by atoms with E-state index in [2.05, 4.69) is 29.2 Å². The highest BCUT2D eigenvalue weighted by Crippen LogP contribution is 2.43. The Bertz CT molecular complexity index is 522. The maximum Gasteiger partial charge on any atom is 0.232 e.